The van der Waals surface area contributed by atoms with Gasteiger partial charge in [0.05, 0.1) is 0 Å². The predicted molar refractivity (Wildman–Crippen MR) is 133 cm³/mol. The number of nitrogens with one attached hydrogen (secondary N) is 1. The van der Waals surface area contributed by atoms with E-state index in [1.165, 1.54) is 32.1 Å². The third-order valence-electron chi connectivity index (χ3n) is 4.86. The molecule has 180 valence electrons. The van der Waals surface area contributed by atoms with E-state index < -0.39 is 11.9 Å². The van der Waals surface area contributed by atoms with E-state index in [-0.39, 0.29) is 17.4 Å². The smallest absolute Gasteiger partial charge is 0.308 e. The second kappa shape index (κ2) is 11.7. The zero-order valence-corrected chi connectivity index (χ0v) is 20.1. The van der Waals surface area contributed by atoms with Crippen LogP contribution in [0.1, 0.15) is 36.1 Å². The molecule has 0 saturated heterocycles. The van der Waals surface area contributed by atoms with Gasteiger partial charge in [-0.25, -0.2) is 0 Å². The molecule has 7 nitrogen and oxygen atoms in total. The van der Waals surface area contributed by atoms with Crippen LogP contribution in [0.2, 0.25) is 0 Å². The fraction of sp³-hybridized carbons (Fsp3) is 0.179. The SMILES string of the molecule is CC(=O)Oc1ccc(/C=C/C(=O)Nc2cc(C)c(OCc3ccccc3)c(C)c2)cc1OC(C)=O. The van der Waals surface area contributed by atoms with Crippen molar-refractivity contribution >= 4 is 29.6 Å². The molecule has 3 aromatic rings. The van der Waals surface area contributed by atoms with Crippen molar-refractivity contribution in [3.8, 4) is 17.2 Å². The molecule has 0 aromatic heterocycles. The minimum Gasteiger partial charge on any atom is -0.488 e. The number of ether oxygens (including phenoxy) is 3. The van der Waals surface area contributed by atoms with Crippen molar-refractivity contribution in [2.75, 3.05) is 5.32 Å². The van der Waals surface area contributed by atoms with Crippen LogP contribution in [-0.2, 0) is 21.0 Å². The molecule has 0 aliphatic rings. The van der Waals surface area contributed by atoms with Crippen LogP contribution in [0.5, 0.6) is 17.2 Å². The normalized spacial score (nSPS) is 10.6. The van der Waals surface area contributed by atoms with Crippen molar-refractivity contribution in [1.29, 1.82) is 0 Å². The van der Waals surface area contributed by atoms with E-state index >= 15 is 0 Å². The van der Waals surface area contributed by atoms with Gasteiger partial charge in [0, 0.05) is 25.6 Å². The van der Waals surface area contributed by atoms with Gasteiger partial charge in [-0.05, 0) is 66.4 Å². The lowest BCUT2D eigenvalue weighted by atomic mass is 10.1. The minimum absolute atomic E-state index is 0.0904. The first kappa shape index (κ1) is 25.2. The third kappa shape index (κ3) is 7.57. The maximum Gasteiger partial charge on any atom is 0.308 e. The summed E-state index contributed by atoms with van der Waals surface area (Å²) in [6, 6.07) is 18.3. The maximum absolute atomic E-state index is 12.5. The number of amides is 1. The summed E-state index contributed by atoms with van der Waals surface area (Å²) in [5, 5.41) is 2.84. The number of hydrogen-bond acceptors (Lipinski definition) is 6. The minimum atomic E-state index is -0.556. The molecule has 0 heterocycles. The topological polar surface area (TPSA) is 90.9 Å². The molecule has 3 rings (SSSR count). The number of rotatable bonds is 8. The molecular formula is C28H27NO6. The van der Waals surface area contributed by atoms with E-state index in [1.807, 2.05) is 56.3 Å². The Labute approximate surface area is 204 Å². The number of hydrogen-bond donors (Lipinski definition) is 1. The van der Waals surface area contributed by atoms with Crippen LogP contribution in [0.4, 0.5) is 5.69 Å². The van der Waals surface area contributed by atoms with Crippen LogP contribution in [0.3, 0.4) is 0 Å². The lowest BCUT2D eigenvalue weighted by molar-refractivity contribution is -0.134. The van der Waals surface area contributed by atoms with E-state index in [0.717, 1.165) is 22.4 Å². The Morgan fingerprint density at radius 1 is 0.829 bits per heavy atom. The molecule has 0 aliphatic heterocycles. The van der Waals surface area contributed by atoms with Crippen LogP contribution in [0.15, 0.2) is 66.7 Å². The van der Waals surface area contributed by atoms with Crippen LogP contribution < -0.4 is 19.5 Å². The molecule has 3 aromatic carbocycles. The molecule has 0 bridgehead atoms. The summed E-state index contributed by atoms with van der Waals surface area (Å²) in [5.74, 6) is -0.433. The quantitative estimate of drug-likeness (QED) is 0.268. The number of carbonyl (C=O) groups excluding carboxylic acids is 3. The molecule has 7 heteroatoms. The summed E-state index contributed by atoms with van der Waals surface area (Å²) in [5.41, 5.74) is 4.13. The van der Waals surface area contributed by atoms with Crippen LogP contribution in [0, 0.1) is 13.8 Å². The summed E-state index contributed by atoms with van der Waals surface area (Å²) in [4.78, 5) is 35.1. The third-order valence-corrected chi connectivity index (χ3v) is 4.86. The van der Waals surface area contributed by atoms with Crippen LogP contribution in [0.25, 0.3) is 6.08 Å². The van der Waals surface area contributed by atoms with Gasteiger partial charge in [0.25, 0.3) is 0 Å². The Kier molecular flexibility index (Phi) is 8.40. The summed E-state index contributed by atoms with van der Waals surface area (Å²) >= 11 is 0. The first-order valence-corrected chi connectivity index (χ1v) is 11.0. The summed E-state index contributed by atoms with van der Waals surface area (Å²) in [7, 11) is 0. The first-order valence-electron chi connectivity index (χ1n) is 11.0. The number of carbonyl (C=O) groups is 3. The maximum atomic E-state index is 12.5. The molecule has 0 saturated carbocycles. The molecule has 35 heavy (non-hydrogen) atoms. The summed E-state index contributed by atoms with van der Waals surface area (Å²) in [6.07, 6.45) is 2.93. The molecule has 0 unspecified atom stereocenters. The van der Waals surface area contributed by atoms with Crippen LogP contribution in [-0.4, -0.2) is 17.8 Å². The van der Waals surface area contributed by atoms with Gasteiger partial charge in [0.15, 0.2) is 11.5 Å². The van der Waals surface area contributed by atoms with Crippen LogP contribution >= 0.6 is 0 Å². The highest BCUT2D eigenvalue weighted by atomic mass is 16.6. The van der Waals surface area contributed by atoms with Gasteiger partial charge in [0.2, 0.25) is 5.91 Å². The number of esters is 2. The highest BCUT2D eigenvalue weighted by molar-refractivity contribution is 6.02. The fourth-order valence-electron chi connectivity index (χ4n) is 3.44. The molecule has 1 N–H and O–H groups in total. The standard InChI is InChI=1S/C28H27NO6/c1-18-14-24(15-19(2)28(18)33-17-23-8-6-5-7-9-23)29-27(32)13-11-22-10-12-25(34-20(3)30)26(16-22)35-21(4)31/h5-16H,17H2,1-4H3,(H,29,32)/b13-11+. The molecule has 0 atom stereocenters. The number of benzene rings is 3. The van der Waals surface area contributed by atoms with Gasteiger partial charge in [0.1, 0.15) is 12.4 Å². The molecule has 0 aliphatic carbocycles. The summed E-state index contributed by atoms with van der Waals surface area (Å²) < 4.78 is 16.2. The monoisotopic (exact) mass is 473 g/mol. The fourth-order valence-corrected chi connectivity index (χ4v) is 3.44. The zero-order valence-electron chi connectivity index (χ0n) is 20.1. The highest BCUT2D eigenvalue weighted by Gasteiger charge is 2.11. The van der Waals surface area contributed by atoms with Gasteiger partial charge >= 0.3 is 11.9 Å². The lowest BCUT2D eigenvalue weighted by Gasteiger charge is -2.14. The van der Waals surface area contributed by atoms with Crippen molar-refractivity contribution < 1.29 is 28.6 Å². The van der Waals surface area contributed by atoms with Gasteiger partial charge < -0.3 is 19.5 Å². The van der Waals surface area contributed by atoms with E-state index in [1.54, 1.807) is 12.1 Å². The van der Waals surface area contributed by atoms with Crippen molar-refractivity contribution in [1.82, 2.24) is 0 Å². The van der Waals surface area contributed by atoms with E-state index in [2.05, 4.69) is 5.32 Å². The Hall–Kier alpha value is -4.39. The Balaban J connectivity index is 1.68. The summed E-state index contributed by atoms with van der Waals surface area (Å²) in [6.45, 7) is 6.82. The van der Waals surface area contributed by atoms with Crippen molar-refractivity contribution in [2.45, 2.75) is 34.3 Å². The van der Waals surface area contributed by atoms with Gasteiger partial charge in [-0.1, -0.05) is 36.4 Å². The zero-order chi connectivity index (χ0) is 25.4. The Morgan fingerprint density at radius 2 is 1.46 bits per heavy atom. The first-order chi connectivity index (χ1) is 16.7. The molecule has 1 amide bonds. The number of aryl methyl sites for hydroxylation is 2. The van der Waals surface area contributed by atoms with Crippen molar-refractivity contribution in [2.24, 2.45) is 0 Å². The Morgan fingerprint density at radius 3 is 2.09 bits per heavy atom. The molecule has 0 fully saturated rings. The average Bonchev–Trinajstić information content (AvgIpc) is 2.78. The predicted octanol–water partition coefficient (Wildman–Crippen LogP) is 5.38. The molecule has 0 radical (unpaired) electrons. The Bertz CT molecular complexity index is 1240. The molecule has 0 spiro atoms. The lowest BCUT2D eigenvalue weighted by Crippen LogP contribution is -2.09. The van der Waals surface area contributed by atoms with E-state index in [4.69, 9.17) is 14.2 Å². The molecular weight excluding hydrogens is 446 g/mol. The van der Waals surface area contributed by atoms with Gasteiger partial charge in [-0.2, -0.15) is 0 Å². The van der Waals surface area contributed by atoms with Gasteiger partial charge in [-0.15, -0.1) is 0 Å². The van der Waals surface area contributed by atoms with Gasteiger partial charge in [-0.3, -0.25) is 14.4 Å². The largest absolute Gasteiger partial charge is 0.488 e. The van der Waals surface area contributed by atoms with Crippen molar-refractivity contribution in [3.05, 3.63) is 89.0 Å². The second-order valence-corrected chi connectivity index (χ2v) is 7.93. The second-order valence-electron chi connectivity index (χ2n) is 7.93. The highest BCUT2D eigenvalue weighted by Crippen LogP contribution is 2.30. The van der Waals surface area contributed by atoms with E-state index in [9.17, 15) is 14.4 Å². The number of anilines is 1. The average molecular weight is 474 g/mol. The van der Waals surface area contributed by atoms with E-state index in [0.29, 0.717) is 17.9 Å². The van der Waals surface area contributed by atoms with Crippen molar-refractivity contribution in [3.63, 3.8) is 0 Å².